The third-order valence-corrected chi connectivity index (χ3v) is 5.66. The van der Waals surface area contributed by atoms with Crippen molar-refractivity contribution in [3.8, 4) is 5.75 Å². The number of hydrogen-bond acceptors (Lipinski definition) is 3. The van der Waals surface area contributed by atoms with Crippen molar-refractivity contribution in [2.24, 2.45) is 0 Å². The first-order valence-corrected chi connectivity index (χ1v) is 10.1. The fourth-order valence-corrected chi connectivity index (χ4v) is 4.13. The van der Waals surface area contributed by atoms with Crippen molar-refractivity contribution in [1.29, 1.82) is 0 Å². The number of nitrogens with zero attached hydrogens (tertiary/aromatic N) is 2. The van der Waals surface area contributed by atoms with E-state index in [0.29, 0.717) is 18.8 Å². The van der Waals surface area contributed by atoms with E-state index in [0.717, 1.165) is 32.2 Å². The Morgan fingerprint density at radius 3 is 2.50 bits per heavy atom. The number of benzene rings is 2. The fourth-order valence-electron chi connectivity index (χ4n) is 4.13. The number of carbonyl (C=O) groups excluding carboxylic acids is 2. The molecule has 2 aromatic rings. The molecule has 2 aliphatic heterocycles. The van der Waals surface area contributed by atoms with Crippen molar-refractivity contribution in [3.05, 3.63) is 65.7 Å². The Labute approximate surface area is 165 Å². The smallest absolute Gasteiger partial charge is 0.261 e. The first-order valence-electron chi connectivity index (χ1n) is 10.1. The predicted octanol–water partition coefficient (Wildman–Crippen LogP) is 3.03. The van der Waals surface area contributed by atoms with Crippen molar-refractivity contribution in [2.45, 2.75) is 38.3 Å². The molecule has 2 aliphatic rings. The van der Waals surface area contributed by atoms with Crippen LogP contribution in [0.15, 0.2) is 54.6 Å². The Hall–Kier alpha value is -2.82. The zero-order chi connectivity index (χ0) is 19.3. The van der Waals surface area contributed by atoms with Crippen LogP contribution < -0.4 is 4.74 Å². The first kappa shape index (κ1) is 18.5. The molecular formula is C23H26N2O3. The third kappa shape index (κ3) is 4.03. The van der Waals surface area contributed by atoms with Gasteiger partial charge in [0.25, 0.3) is 5.91 Å². The van der Waals surface area contributed by atoms with Crippen molar-refractivity contribution in [3.63, 3.8) is 0 Å². The summed E-state index contributed by atoms with van der Waals surface area (Å²) in [6.45, 7) is 1.94. The largest absolute Gasteiger partial charge is 0.484 e. The summed E-state index contributed by atoms with van der Waals surface area (Å²) >= 11 is 0. The Morgan fingerprint density at radius 1 is 0.929 bits per heavy atom. The van der Waals surface area contributed by atoms with Crippen LogP contribution in [-0.2, 0) is 22.6 Å². The quantitative estimate of drug-likeness (QED) is 0.822. The normalized spacial score (nSPS) is 19.1. The standard InChI is InChI=1S/C23H26N2O3/c26-22(17-28-20-10-2-1-3-11-20)25-14-7-6-12-21(25)23(27)24-15-13-18-8-4-5-9-19(18)16-24/h1-5,8-11,21H,6-7,12-17H2/t21-/m1/s1. The molecule has 1 fully saturated rings. The topological polar surface area (TPSA) is 49.9 Å². The summed E-state index contributed by atoms with van der Waals surface area (Å²) in [5.41, 5.74) is 2.53. The highest BCUT2D eigenvalue weighted by atomic mass is 16.5. The van der Waals surface area contributed by atoms with Gasteiger partial charge in [-0.3, -0.25) is 9.59 Å². The maximum absolute atomic E-state index is 13.2. The van der Waals surface area contributed by atoms with Gasteiger partial charge in [0, 0.05) is 19.6 Å². The molecule has 2 aromatic carbocycles. The Morgan fingerprint density at radius 2 is 1.68 bits per heavy atom. The Balaban J connectivity index is 1.42. The number of rotatable bonds is 4. The lowest BCUT2D eigenvalue weighted by Gasteiger charge is -2.39. The second-order valence-electron chi connectivity index (χ2n) is 7.48. The average molecular weight is 378 g/mol. The molecule has 0 aromatic heterocycles. The summed E-state index contributed by atoms with van der Waals surface area (Å²) in [4.78, 5) is 29.7. The summed E-state index contributed by atoms with van der Waals surface area (Å²) in [7, 11) is 0. The van der Waals surface area contributed by atoms with Gasteiger partial charge in [0.15, 0.2) is 6.61 Å². The molecule has 2 heterocycles. The van der Waals surface area contributed by atoms with Crippen LogP contribution in [-0.4, -0.2) is 47.4 Å². The number of para-hydroxylation sites is 1. The monoisotopic (exact) mass is 378 g/mol. The summed E-state index contributed by atoms with van der Waals surface area (Å²) in [6, 6.07) is 17.2. The van der Waals surface area contributed by atoms with E-state index in [2.05, 4.69) is 12.1 Å². The second-order valence-corrected chi connectivity index (χ2v) is 7.48. The average Bonchev–Trinajstić information content (AvgIpc) is 2.77. The number of amides is 2. The van der Waals surface area contributed by atoms with E-state index in [1.54, 1.807) is 4.90 Å². The molecular weight excluding hydrogens is 352 g/mol. The van der Waals surface area contributed by atoms with Crippen LogP contribution in [0.1, 0.15) is 30.4 Å². The van der Waals surface area contributed by atoms with Gasteiger partial charge in [0.1, 0.15) is 11.8 Å². The molecule has 5 heteroatoms. The van der Waals surface area contributed by atoms with Gasteiger partial charge in [-0.15, -0.1) is 0 Å². The Kier molecular flexibility index (Phi) is 5.60. The second kappa shape index (κ2) is 8.46. The van der Waals surface area contributed by atoms with Gasteiger partial charge < -0.3 is 14.5 Å². The number of ether oxygens (including phenoxy) is 1. The maximum Gasteiger partial charge on any atom is 0.261 e. The van der Waals surface area contributed by atoms with E-state index >= 15 is 0 Å². The first-order chi connectivity index (χ1) is 13.7. The lowest BCUT2D eigenvalue weighted by molar-refractivity contribution is -0.149. The van der Waals surface area contributed by atoms with E-state index in [1.807, 2.05) is 47.4 Å². The summed E-state index contributed by atoms with van der Waals surface area (Å²) in [6.07, 6.45) is 3.52. The molecule has 0 aliphatic carbocycles. The van der Waals surface area contributed by atoms with E-state index in [9.17, 15) is 9.59 Å². The van der Waals surface area contributed by atoms with E-state index < -0.39 is 0 Å². The van der Waals surface area contributed by atoms with Crippen molar-refractivity contribution in [2.75, 3.05) is 19.7 Å². The number of carbonyl (C=O) groups is 2. The minimum atomic E-state index is -0.370. The van der Waals surface area contributed by atoms with Crippen LogP contribution in [0.5, 0.6) is 5.75 Å². The van der Waals surface area contributed by atoms with Gasteiger partial charge in [-0.1, -0.05) is 42.5 Å². The van der Waals surface area contributed by atoms with Crippen molar-refractivity contribution < 1.29 is 14.3 Å². The van der Waals surface area contributed by atoms with Gasteiger partial charge in [-0.05, 0) is 48.9 Å². The lowest BCUT2D eigenvalue weighted by Crippen LogP contribution is -2.54. The molecule has 0 saturated carbocycles. The minimum absolute atomic E-state index is 0.0311. The molecule has 146 valence electrons. The number of fused-ring (bicyclic) bond motifs is 1. The van der Waals surface area contributed by atoms with E-state index in [4.69, 9.17) is 4.74 Å². The SMILES string of the molecule is O=C([C@H]1CCCCN1C(=O)COc1ccccc1)N1CCc2ccccc2C1. The molecule has 0 bridgehead atoms. The number of hydrogen-bond donors (Lipinski definition) is 0. The molecule has 28 heavy (non-hydrogen) atoms. The molecule has 1 atom stereocenters. The summed E-state index contributed by atoms with van der Waals surface area (Å²) < 4.78 is 5.62. The highest BCUT2D eigenvalue weighted by Crippen LogP contribution is 2.24. The number of likely N-dealkylation sites (tertiary alicyclic amines) is 1. The van der Waals surface area contributed by atoms with Gasteiger partial charge in [0.2, 0.25) is 5.91 Å². The highest BCUT2D eigenvalue weighted by molar-refractivity contribution is 5.88. The van der Waals surface area contributed by atoms with Crippen LogP contribution in [0.25, 0.3) is 0 Å². The highest BCUT2D eigenvalue weighted by Gasteiger charge is 2.35. The molecule has 0 radical (unpaired) electrons. The minimum Gasteiger partial charge on any atom is -0.484 e. The lowest BCUT2D eigenvalue weighted by atomic mass is 9.96. The third-order valence-electron chi connectivity index (χ3n) is 5.66. The zero-order valence-electron chi connectivity index (χ0n) is 16.0. The summed E-state index contributed by atoms with van der Waals surface area (Å²) in [5, 5.41) is 0. The van der Waals surface area contributed by atoms with Crippen LogP contribution in [0.4, 0.5) is 0 Å². The molecule has 0 spiro atoms. The molecule has 1 saturated heterocycles. The van der Waals surface area contributed by atoms with Crippen molar-refractivity contribution in [1.82, 2.24) is 9.80 Å². The van der Waals surface area contributed by atoms with Crippen molar-refractivity contribution >= 4 is 11.8 Å². The predicted molar refractivity (Wildman–Crippen MR) is 107 cm³/mol. The molecule has 5 nitrogen and oxygen atoms in total. The van der Waals surface area contributed by atoms with Crippen LogP contribution in [0.2, 0.25) is 0 Å². The number of piperidine rings is 1. The van der Waals surface area contributed by atoms with Gasteiger partial charge in [0.05, 0.1) is 0 Å². The van der Waals surface area contributed by atoms with Crippen LogP contribution in [0, 0.1) is 0 Å². The zero-order valence-corrected chi connectivity index (χ0v) is 16.0. The van der Waals surface area contributed by atoms with Crippen LogP contribution >= 0.6 is 0 Å². The van der Waals surface area contributed by atoms with Gasteiger partial charge >= 0.3 is 0 Å². The van der Waals surface area contributed by atoms with E-state index in [-0.39, 0.29) is 24.5 Å². The Bertz CT molecular complexity index is 837. The van der Waals surface area contributed by atoms with Crippen LogP contribution in [0.3, 0.4) is 0 Å². The molecule has 0 N–H and O–H groups in total. The maximum atomic E-state index is 13.2. The molecule has 0 unspecified atom stereocenters. The van der Waals surface area contributed by atoms with Gasteiger partial charge in [-0.25, -0.2) is 0 Å². The molecule has 2 amide bonds. The molecule has 4 rings (SSSR count). The van der Waals surface area contributed by atoms with E-state index in [1.165, 1.54) is 11.1 Å². The fraction of sp³-hybridized carbons (Fsp3) is 0.391. The summed E-state index contributed by atoms with van der Waals surface area (Å²) in [5.74, 6) is 0.630. The van der Waals surface area contributed by atoms with Gasteiger partial charge in [-0.2, -0.15) is 0 Å².